The summed E-state index contributed by atoms with van der Waals surface area (Å²) < 4.78 is 17.6. The molecular formula is C21H24N4O4S. The molecule has 1 heterocycles. The molecule has 2 aromatic carbocycles. The molecule has 3 rings (SSSR count). The summed E-state index contributed by atoms with van der Waals surface area (Å²) in [4.78, 5) is 12.4. The Bertz CT molecular complexity index is 956. The highest BCUT2D eigenvalue weighted by molar-refractivity contribution is 7.99. The molecule has 3 aromatic rings. The van der Waals surface area contributed by atoms with Crippen LogP contribution in [-0.2, 0) is 22.7 Å². The summed E-state index contributed by atoms with van der Waals surface area (Å²) in [6.45, 7) is 0.694. The molecule has 0 fully saturated rings. The maximum Gasteiger partial charge on any atom is 0.230 e. The van der Waals surface area contributed by atoms with Crippen molar-refractivity contribution in [2.45, 2.75) is 18.3 Å². The van der Waals surface area contributed by atoms with E-state index in [0.717, 1.165) is 11.3 Å². The number of ether oxygens (including phenoxy) is 3. The molecule has 0 saturated carbocycles. The van der Waals surface area contributed by atoms with Crippen LogP contribution in [0.5, 0.6) is 11.5 Å². The van der Waals surface area contributed by atoms with Crippen molar-refractivity contribution >= 4 is 17.7 Å². The Morgan fingerprint density at radius 3 is 2.37 bits per heavy atom. The second-order valence-corrected chi connectivity index (χ2v) is 7.23. The zero-order chi connectivity index (χ0) is 21.3. The Labute approximate surface area is 179 Å². The minimum Gasteiger partial charge on any atom is -0.497 e. The number of aromatic nitrogens is 3. The van der Waals surface area contributed by atoms with Crippen LogP contribution in [0.1, 0.15) is 11.4 Å². The van der Waals surface area contributed by atoms with E-state index in [1.54, 1.807) is 27.4 Å². The fourth-order valence-corrected chi connectivity index (χ4v) is 3.60. The largest absolute Gasteiger partial charge is 0.497 e. The summed E-state index contributed by atoms with van der Waals surface area (Å²) in [5, 5.41) is 12.0. The lowest BCUT2D eigenvalue weighted by Crippen LogP contribution is -2.24. The van der Waals surface area contributed by atoms with E-state index in [1.807, 2.05) is 47.0 Å². The Balaban J connectivity index is 1.64. The van der Waals surface area contributed by atoms with Gasteiger partial charge in [-0.2, -0.15) is 0 Å². The minimum absolute atomic E-state index is 0.113. The Kier molecular flexibility index (Phi) is 7.69. The Morgan fingerprint density at radius 1 is 1.03 bits per heavy atom. The average molecular weight is 429 g/mol. The van der Waals surface area contributed by atoms with Crippen molar-refractivity contribution in [3.05, 3.63) is 59.9 Å². The first-order chi connectivity index (χ1) is 14.6. The smallest absolute Gasteiger partial charge is 0.230 e. The molecular weight excluding hydrogens is 404 g/mol. The lowest BCUT2D eigenvalue weighted by atomic mass is 10.2. The maximum atomic E-state index is 12.4. The molecule has 9 heteroatoms. The van der Waals surface area contributed by atoms with Crippen molar-refractivity contribution in [1.29, 1.82) is 0 Å². The van der Waals surface area contributed by atoms with Crippen LogP contribution < -0.4 is 14.8 Å². The lowest BCUT2D eigenvalue weighted by Gasteiger charge is -2.11. The molecule has 158 valence electrons. The van der Waals surface area contributed by atoms with Crippen LogP contribution in [0.4, 0.5) is 0 Å². The molecule has 1 aromatic heterocycles. The number of benzene rings is 2. The van der Waals surface area contributed by atoms with Gasteiger partial charge in [0, 0.05) is 25.4 Å². The topological polar surface area (TPSA) is 87.5 Å². The summed E-state index contributed by atoms with van der Waals surface area (Å²) >= 11 is 1.32. The van der Waals surface area contributed by atoms with Crippen LogP contribution >= 0.6 is 11.8 Å². The van der Waals surface area contributed by atoms with Gasteiger partial charge in [-0.25, -0.2) is 0 Å². The van der Waals surface area contributed by atoms with Gasteiger partial charge in [0.05, 0.1) is 20.0 Å². The van der Waals surface area contributed by atoms with Gasteiger partial charge in [-0.1, -0.05) is 30.0 Å². The van der Waals surface area contributed by atoms with Crippen molar-refractivity contribution in [1.82, 2.24) is 20.1 Å². The van der Waals surface area contributed by atoms with Gasteiger partial charge in [0.25, 0.3) is 0 Å². The molecule has 1 amide bonds. The maximum absolute atomic E-state index is 12.4. The zero-order valence-corrected chi connectivity index (χ0v) is 17.9. The number of amides is 1. The van der Waals surface area contributed by atoms with E-state index >= 15 is 0 Å². The normalized spacial score (nSPS) is 10.6. The quantitative estimate of drug-likeness (QED) is 0.497. The highest BCUT2D eigenvalue weighted by Gasteiger charge is 2.15. The molecule has 0 aliphatic heterocycles. The van der Waals surface area contributed by atoms with Gasteiger partial charge in [-0.15, -0.1) is 10.2 Å². The standard InChI is InChI=1S/C21H24N4O4S/c1-27-13-19-23-24-21(25(19)16-7-5-4-6-8-16)30-14-20(26)22-12-15-9-17(28-2)11-18(10-15)29-3/h4-11H,12-14H2,1-3H3,(H,22,26). The summed E-state index contributed by atoms with van der Waals surface area (Å²) in [7, 11) is 4.79. The number of hydrogen-bond donors (Lipinski definition) is 1. The first-order valence-corrected chi connectivity index (χ1v) is 10.2. The number of carbonyl (C=O) groups is 1. The van der Waals surface area contributed by atoms with Crippen LogP contribution in [0, 0.1) is 0 Å². The van der Waals surface area contributed by atoms with E-state index in [2.05, 4.69) is 15.5 Å². The van der Waals surface area contributed by atoms with Crippen LogP contribution in [0.3, 0.4) is 0 Å². The van der Waals surface area contributed by atoms with Crippen LogP contribution in [-0.4, -0.2) is 47.8 Å². The van der Waals surface area contributed by atoms with Crippen molar-refractivity contribution in [2.75, 3.05) is 27.1 Å². The predicted molar refractivity (Wildman–Crippen MR) is 114 cm³/mol. The van der Waals surface area contributed by atoms with Crippen molar-refractivity contribution in [2.24, 2.45) is 0 Å². The van der Waals surface area contributed by atoms with Crippen LogP contribution in [0.2, 0.25) is 0 Å². The molecule has 0 radical (unpaired) electrons. The molecule has 0 aliphatic rings. The number of thioether (sulfide) groups is 1. The van der Waals surface area contributed by atoms with Gasteiger partial charge >= 0.3 is 0 Å². The third kappa shape index (κ3) is 5.52. The van der Waals surface area contributed by atoms with E-state index < -0.39 is 0 Å². The number of hydrogen-bond acceptors (Lipinski definition) is 7. The molecule has 0 bridgehead atoms. The van der Waals surface area contributed by atoms with E-state index in [-0.39, 0.29) is 11.7 Å². The number of carbonyl (C=O) groups excluding carboxylic acids is 1. The predicted octanol–water partition coefficient (Wildman–Crippen LogP) is 2.84. The van der Waals surface area contributed by atoms with Gasteiger partial charge < -0.3 is 19.5 Å². The Morgan fingerprint density at radius 2 is 1.73 bits per heavy atom. The summed E-state index contributed by atoms with van der Waals surface area (Å²) in [6.07, 6.45) is 0. The molecule has 0 atom stereocenters. The summed E-state index contributed by atoms with van der Waals surface area (Å²) in [5.74, 6) is 2.12. The molecule has 8 nitrogen and oxygen atoms in total. The van der Waals surface area contributed by atoms with Crippen LogP contribution in [0.15, 0.2) is 53.7 Å². The molecule has 0 unspecified atom stereocenters. The molecule has 30 heavy (non-hydrogen) atoms. The minimum atomic E-state index is -0.113. The number of para-hydroxylation sites is 1. The SMILES string of the molecule is COCc1nnc(SCC(=O)NCc2cc(OC)cc(OC)c2)n1-c1ccccc1. The second kappa shape index (κ2) is 10.7. The van der Waals surface area contributed by atoms with Crippen LogP contribution in [0.25, 0.3) is 5.69 Å². The average Bonchev–Trinajstić information content (AvgIpc) is 3.19. The van der Waals surface area contributed by atoms with E-state index in [4.69, 9.17) is 14.2 Å². The van der Waals surface area contributed by atoms with Crippen molar-refractivity contribution in [3.8, 4) is 17.2 Å². The van der Waals surface area contributed by atoms with Gasteiger partial charge in [0.15, 0.2) is 11.0 Å². The van der Waals surface area contributed by atoms with E-state index in [1.165, 1.54) is 11.8 Å². The summed E-state index contributed by atoms with van der Waals surface area (Å²) in [6, 6.07) is 15.3. The van der Waals surface area contributed by atoms with Gasteiger partial charge in [0.2, 0.25) is 5.91 Å². The lowest BCUT2D eigenvalue weighted by molar-refractivity contribution is -0.118. The van der Waals surface area contributed by atoms with Gasteiger partial charge in [-0.3, -0.25) is 9.36 Å². The fourth-order valence-electron chi connectivity index (χ4n) is 2.80. The zero-order valence-electron chi connectivity index (χ0n) is 17.1. The van der Waals surface area contributed by atoms with E-state index in [0.29, 0.717) is 35.6 Å². The highest BCUT2D eigenvalue weighted by atomic mass is 32.2. The molecule has 0 saturated heterocycles. The second-order valence-electron chi connectivity index (χ2n) is 6.29. The van der Waals surface area contributed by atoms with Crippen molar-refractivity contribution in [3.63, 3.8) is 0 Å². The molecule has 0 spiro atoms. The third-order valence-electron chi connectivity index (χ3n) is 4.22. The number of methoxy groups -OCH3 is 3. The molecule has 0 aliphatic carbocycles. The number of rotatable bonds is 10. The summed E-state index contributed by atoms with van der Waals surface area (Å²) in [5.41, 5.74) is 1.81. The highest BCUT2D eigenvalue weighted by Crippen LogP contribution is 2.24. The number of nitrogens with one attached hydrogen (secondary N) is 1. The number of nitrogens with zero attached hydrogens (tertiary/aromatic N) is 3. The van der Waals surface area contributed by atoms with Gasteiger partial charge in [0.1, 0.15) is 18.1 Å². The first-order valence-electron chi connectivity index (χ1n) is 9.24. The Hall–Kier alpha value is -3.04. The fraction of sp³-hybridized carbons (Fsp3) is 0.286. The van der Waals surface area contributed by atoms with Crippen molar-refractivity contribution < 1.29 is 19.0 Å². The first kappa shape index (κ1) is 21.7. The monoisotopic (exact) mass is 428 g/mol. The third-order valence-corrected chi connectivity index (χ3v) is 5.15. The van der Waals surface area contributed by atoms with Gasteiger partial charge in [-0.05, 0) is 29.8 Å². The molecule has 1 N–H and O–H groups in total. The van der Waals surface area contributed by atoms with E-state index in [9.17, 15) is 4.79 Å².